The first-order valence-electron chi connectivity index (χ1n) is 5.05. The molecule has 0 radical (unpaired) electrons. The van der Waals surface area contributed by atoms with E-state index in [4.69, 9.17) is 0 Å². The third-order valence-electron chi connectivity index (χ3n) is 3.15. The van der Waals surface area contributed by atoms with E-state index in [2.05, 4.69) is 6.92 Å². The smallest absolute Gasteiger partial charge is 0.123 e. The molecule has 0 heterocycles. The fourth-order valence-electron chi connectivity index (χ4n) is 2.08. The monoisotopic (exact) mass is 178 g/mol. The van der Waals surface area contributed by atoms with Gasteiger partial charge in [-0.3, -0.25) is 0 Å². The van der Waals surface area contributed by atoms with Crippen LogP contribution in [0.2, 0.25) is 0 Å². The van der Waals surface area contributed by atoms with E-state index in [9.17, 15) is 4.39 Å². The van der Waals surface area contributed by atoms with Crippen molar-refractivity contribution in [2.24, 2.45) is 5.92 Å². The van der Waals surface area contributed by atoms with Crippen molar-refractivity contribution in [2.45, 2.75) is 32.1 Å². The summed E-state index contributed by atoms with van der Waals surface area (Å²) < 4.78 is 12.6. The maximum absolute atomic E-state index is 12.6. The van der Waals surface area contributed by atoms with Crippen molar-refractivity contribution < 1.29 is 4.39 Å². The van der Waals surface area contributed by atoms with Crippen molar-refractivity contribution in [1.29, 1.82) is 0 Å². The minimum atomic E-state index is -0.130. The summed E-state index contributed by atoms with van der Waals surface area (Å²) in [4.78, 5) is 0. The molecule has 0 N–H and O–H groups in total. The van der Waals surface area contributed by atoms with E-state index in [0.717, 1.165) is 5.92 Å². The third kappa shape index (κ3) is 1.74. The predicted molar refractivity (Wildman–Crippen MR) is 52.2 cm³/mol. The van der Waals surface area contributed by atoms with Gasteiger partial charge in [0, 0.05) is 0 Å². The zero-order valence-electron chi connectivity index (χ0n) is 7.96. The van der Waals surface area contributed by atoms with Gasteiger partial charge in [-0.25, -0.2) is 4.39 Å². The summed E-state index contributed by atoms with van der Waals surface area (Å²) in [6, 6.07) is 6.97. The predicted octanol–water partition coefficient (Wildman–Crippen LogP) is 3.73. The Bertz CT molecular complexity index is 270. The van der Waals surface area contributed by atoms with Crippen LogP contribution >= 0.6 is 0 Å². The fraction of sp³-hybridized carbons (Fsp3) is 0.500. The first kappa shape index (κ1) is 8.74. The van der Waals surface area contributed by atoms with Gasteiger partial charge in [-0.1, -0.05) is 25.5 Å². The van der Waals surface area contributed by atoms with Crippen molar-refractivity contribution in [3.05, 3.63) is 35.6 Å². The molecular formula is C12H15F. The van der Waals surface area contributed by atoms with Gasteiger partial charge in [-0.15, -0.1) is 0 Å². The lowest BCUT2D eigenvalue weighted by atomic mass is 9.70. The Hall–Kier alpha value is -0.850. The van der Waals surface area contributed by atoms with Gasteiger partial charge in [-0.05, 0) is 42.4 Å². The Morgan fingerprint density at radius 1 is 1.23 bits per heavy atom. The van der Waals surface area contributed by atoms with Crippen molar-refractivity contribution in [2.75, 3.05) is 0 Å². The zero-order valence-corrected chi connectivity index (χ0v) is 7.96. The van der Waals surface area contributed by atoms with E-state index < -0.39 is 0 Å². The molecule has 0 atom stereocenters. The van der Waals surface area contributed by atoms with Crippen LogP contribution in [-0.4, -0.2) is 0 Å². The number of hydrogen-bond acceptors (Lipinski definition) is 0. The molecule has 0 aromatic heterocycles. The molecule has 0 spiro atoms. The second-order valence-corrected chi connectivity index (χ2v) is 3.99. The Kier molecular flexibility index (Phi) is 2.34. The summed E-state index contributed by atoms with van der Waals surface area (Å²) in [5.41, 5.74) is 1.31. The highest BCUT2D eigenvalue weighted by atomic mass is 19.1. The van der Waals surface area contributed by atoms with Crippen LogP contribution in [0.5, 0.6) is 0 Å². The summed E-state index contributed by atoms with van der Waals surface area (Å²) in [7, 11) is 0. The molecule has 1 aromatic rings. The molecule has 1 fully saturated rings. The van der Waals surface area contributed by atoms with Crippen molar-refractivity contribution >= 4 is 0 Å². The SMILES string of the molecule is CC[C@H]1C[C@H](c2ccc(F)cc2)C1. The highest BCUT2D eigenvalue weighted by Crippen LogP contribution is 2.42. The molecule has 1 aliphatic carbocycles. The van der Waals surface area contributed by atoms with Gasteiger partial charge in [0.25, 0.3) is 0 Å². The van der Waals surface area contributed by atoms with Crippen LogP contribution in [-0.2, 0) is 0 Å². The van der Waals surface area contributed by atoms with Crippen LogP contribution in [0, 0.1) is 11.7 Å². The van der Waals surface area contributed by atoms with Crippen molar-refractivity contribution in [1.82, 2.24) is 0 Å². The minimum absolute atomic E-state index is 0.130. The third-order valence-corrected chi connectivity index (χ3v) is 3.15. The van der Waals surface area contributed by atoms with Crippen molar-refractivity contribution in [3.63, 3.8) is 0 Å². The summed E-state index contributed by atoms with van der Waals surface area (Å²) in [6.07, 6.45) is 3.88. The molecule has 2 rings (SSSR count). The van der Waals surface area contributed by atoms with Gasteiger partial charge in [0.15, 0.2) is 0 Å². The highest BCUT2D eigenvalue weighted by molar-refractivity contribution is 5.22. The van der Waals surface area contributed by atoms with Gasteiger partial charge < -0.3 is 0 Å². The van der Waals surface area contributed by atoms with Crippen LogP contribution in [0.1, 0.15) is 37.7 Å². The van der Waals surface area contributed by atoms with E-state index in [1.54, 1.807) is 12.1 Å². The van der Waals surface area contributed by atoms with Crippen LogP contribution in [0.3, 0.4) is 0 Å². The molecule has 0 bridgehead atoms. The number of rotatable bonds is 2. The Balaban J connectivity index is 1.99. The van der Waals surface area contributed by atoms with Gasteiger partial charge in [0.2, 0.25) is 0 Å². The zero-order chi connectivity index (χ0) is 9.26. The van der Waals surface area contributed by atoms with Crippen LogP contribution in [0.4, 0.5) is 4.39 Å². The molecule has 1 heteroatoms. The van der Waals surface area contributed by atoms with E-state index in [0.29, 0.717) is 5.92 Å². The van der Waals surface area contributed by atoms with Crippen molar-refractivity contribution in [3.8, 4) is 0 Å². The average molecular weight is 178 g/mol. The second-order valence-electron chi connectivity index (χ2n) is 3.99. The Morgan fingerprint density at radius 3 is 2.38 bits per heavy atom. The first-order valence-corrected chi connectivity index (χ1v) is 5.05. The summed E-state index contributed by atoms with van der Waals surface area (Å²) in [5, 5.41) is 0. The molecule has 70 valence electrons. The topological polar surface area (TPSA) is 0 Å². The van der Waals surface area contributed by atoms with E-state index in [1.165, 1.54) is 24.8 Å². The Morgan fingerprint density at radius 2 is 1.85 bits per heavy atom. The summed E-state index contributed by atoms with van der Waals surface area (Å²) in [6.45, 7) is 2.24. The van der Waals surface area contributed by atoms with E-state index >= 15 is 0 Å². The lowest BCUT2D eigenvalue weighted by Crippen LogP contribution is -2.20. The van der Waals surface area contributed by atoms with E-state index in [1.807, 2.05) is 12.1 Å². The molecular weight excluding hydrogens is 163 g/mol. The van der Waals surface area contributed by atoms with Crippen LogP contribution in [0.15, 0.2) is 24.3 Å². The quantitative estimate of drug-likeness (QED) is 0.647. The van der Waals surface area contributed by atoms with Crippen LogP contribution < -0.4 is 0 Å². The molecule has 1 aromatic carbocycles. The molecule has 13 heavy (non-hydrogen) atoms. The molecule has 0 saturated heterocycles. The normalized spacial score (nSPS) is 26.9. The molecule has 0 unspecified atom stereocenters. The maximum atomic E-state index is 12.6. The standard InChI is InChI=1S/C12H15F/c1-2-9-7-11(8-9)10-3-5-12(13)6-4-10/h3-6,9,11H,2,7-8H2,1H3/t9-,11-. The van der Waals surface area contributed by atoms with Gasteiger partial charge in [0.1, 0.15) is 5.82 Å². The van der Waals surface area contributed by atoms with Gasteiger partial charge in [-0.2, -0.15) is 0 Å². The number of benzene rings is 1. The molecule has 0 aliphatic heterocycles. The maximum Gasteiger partial charge on any atom is 0.123 e. The summed E-state index contributed by atoms with van der Waals surface area (Å²) in [5.74, 6) is 1.48. The fourth-order valence-corrected chi connectivity index (χ4v) is 2.08. The lowest BCUT2D eigenvalue weighted by molar-refractivity contribution is 0.256. The minimum Gasteiger partial charge on any atom is -0.207 e. The van der Waals surface area contributed by atoms with Gasteiger partial charge in [0.05, 0.1) is 0 Å². The lowest BCUT2D eigenvalue weighted by Gasteiger charge is -2.35. The molecule has 0 nitrogen and oxygen atoms in total. The number of hydrogen-bond donors (Lipinski definition) is 0. The number of halogens is 1. The van der Waals surface area contributed by atoms with Crippen LogP contribution in [0.25, 0.3) is 0 Å². The largest absolute Gasteiger partial charge is 0.207 e. The van der Waals surface area contributed by atoms with Gasteiger partial charge >= 0.3 is 0 Å². The molecule has 1 saturated carbocycles. The second kappa shape index (κ2) is 3.49. The average Bonchev–Trinajstić information content (AvgIpc) is 2.06. The van der Waals surface area contributed by atoms with E-state index in [-0.39, 0.29) is 5.82 Å². The first-order chi connectivity index (χ1) is 6.29. The summed E-state index contributed by atoms with van der Waals surface area (Å²) >= 11 is 0. The Labute approximate surface area is 78.8 Å². The molecule has 1 aliphatic rings. The molecule has 0 amide bonds. The highest BCUT2D eigenvalue weighted by Gasteiger charge is 2.28.